The fraction of sp³-hybridized carbons (Fsp3) is 0.529. The van der Waals surface area contributed by atoms with E-state index in [1.54, 1.807) is 0 Å². The van der Waals surface area contributed by atoms with E-state index in [1.807, 2.05) is 12.1 Å². The van der Waals surface area contributed by atoms with Crippen molar-refractivity contribution in [2.75, 3.05) is 6.54 Å². The number of aliphatic hydroxyl groups is 1. The predicted molar refractivity (Wildman–Crippen MR) is 80.8 cm³/mol. The molecule has 0 radical (unpaired) electrons. The number of rotatable bonds is 5. The first kappa shape index (κ1) is 13.7. The number of fused-ring (bicyclic) bond motifs is 1. The van der Waals surface area contributed by atoms with Crippen molar-refractivity contribution in [3.05, 3.63) is 35.6 Å². The number of benzene rings is 1. The second kappa shape index (κ2) is 5.23. The Hall–Kier alpha value is -1.32. The van der Waals surface area contributed by atoms with Crippen LogP contribution in [-0.4, -0.2) is 17.3 Å². The van der Waals surface area contributed by atoms with Crippen molar-refractivity contribution >= 4 is 11.0 Å². The number of hydrogen-bond acceptors (Lipinski definition) is 3. The number of aryl methyl sites for hydroxylation is 1. The molecule has 3 nitrogen and oxygen atoms in total. The normalized spacial score (nSPS) is 18.9. The Kier molecular flexibility index (Phi) is 3.57. The van der Waals surface area contributed by atoms with E-state index in [2.05, 4.69) is 31.3 Å². The first-order valence-corrected chi connectivity index (χ1v) is 7.59. The first-order valence-electron chi connectivity index (χ1n) is 7.59. The van der Waals surface area contributed by atoms with Gasteiger partial charge >= 0.3 is 0 Å². The number of para-hydroxylation sites is 1. The molecule has 1 aliphatic carbocycles. The largest absolute Gasteiger partial charge is 0.459 e. The number of furan rings is 1. The van der Waals surface area contributed by atoms with Crippen LogP contribution in [0.3, 0.4) is 0 Å². The topological polar surface area (TPSA) is 45.4 Å². The van der Waals surface area contributed by atoms with Gasteiger partial charge in [0.15, 0.2) is 0 Å². The molecule has 0 bridgehead atoms. The van der Waals surface area contributed by atoms with Crippen LogP contribution < -0.4 is 5.32 Å². The summed E-state index contributed by atoms with van der Waals surface area (Å²) in [6, 6.07) is 8.32. The summed E-state index contributed by atoms with van der Waals surface area (Å²) < 4.78 is 6.02. The van der Waals surface area contributed by atoms with Crippen molar-refractivity contribution in [1.29, 1.82) is 0 Å². The highest BCUT2D eigenvalue weighted by molar-refractivity contribution is 5.82. The molecule has 0 spiro atoms. The minimum Gasteiger partial charge on any atom is -0.459 e. The fourth-order valence-electron chi connectivity index (χ4n) is 3.03. The molecule has 0 saturated heterocycles. The molecule has 108 valence electrons. The minimum atomic E-state index is -0.493. The molecule has 20 heavy (non-hydrogen) atoms. The van der Waals surface area contributed by atoms with Crippen molar-refractivity contribution in [3.8, 4) is 0 Å². The zero-order valence-corrected chi connectivity index (χ0v) is 12.3. The summed E-state index contributed by atoms with van der Waals surface area (Å²) in [5, 5.41) is 14.8. The quantitative estimate of drug-likeness (QED) is 0.875. The van der Waals surface area contributed by atoms with Crippen LogP contribution in [0.4, 0.5) is 0 Å². The van der Waals surface area contributed by atoms with Crippen molar-refractivity contribution in [3.63, 3.8) is 0 Å². The lowest BCUT2D eigenvalue weighted by molar-refractivity contribution is -0.0332. The second-order valence-electron chi connectivity index (χ2n) is 5.98. The fourth-order valence-corrected chi connectivity index (χ4v) is 3.03. The molecule has 1 unspecified atom stereocenters. The summed E-state index contributed by atoms with van der Waals surface area (Å²) in [6.45, 7) is 4.92. The first-order chi connectivity index (χ1) is 9.63. The summed E-state index contributed by atoms with van der Waals surface area (Å²) in [5.74, 6) is 1.01. The molecule has 2 aromatic rings. The molecule has 1 saturated carbocycles. The number of hydrogen-bond donors (Lipinski definition) is 2. The Morgan fingerprint density at radius 2 is 2.10 bits per heavy atom. The average molecular weight is 273 g/mol. The van der Waals surface area contributed by atoms with Gasteiger partial charge in [0.05, 0.1) is 11.6 Å². The van der Waals surface area contributed by atoms with Crippen molar-refractivity contribution in [1.82, 2.24) is 5.32 Å². The Morgan fingerprint density at radius 1 is 1.35 bits per heavy atom. The van der Waals surface area contributed by atoms with Gasteiger partial charge in [-0.05, 0) is 38.7 Å². The van der Waals surface area contributed by atoms with Crippen LogP contribution in [0, 0.1) is 0 Å². The molecule has 1 fully saturated rings. The highest BCUT2D eigenvalue weighted by Gasteiger charge is 2.34. The second-order valence-corrected chi connectivity index (χ2v) is 5.98. The van der Waals surface area contributed by atoms with E-state index in [-0.39, 0.29) is 6.04 Å². The molecular weight excluding hydrogens is 250 g/mol. The van der Waals surface area contributed by atoms with Crippen LogP contribution in [0.25, 0.3) is 11.0 Å². The maximum absolute atomic E-state index is 10.2. The van der Waals surface area contributed by atoms with Gasteiger partial charge in [-0.15, -0.1) is 0 Å². The van der Waals surface area contributed by atoms with Gasteiger partial charge in [0.2, 0.25) is 0 Å². The third-order valence-corrected chi connectivity index (χ3v) is 4.50. The summed E-state index contributed by atoms with van der Waals surface area (Å²) in [4.78, 5) is 0. The van der Waals surface area contributed by atoms with Gasteiger partial charge in [0.1, 0.15) is 11.3 Å². The minimum absolute atomic E-state index is 0.127. The predicted octanol–water partition coefficient (Wildman–Crippen LogP) is 3.56. The number of nitrogens with one attached hydrogen (secondary N) is 1. The molecule has 1 heterocycles. The zero-order valence-electron chi connectivity index (χ0n) is 12.3. The Labute approximate surface area is 120 Å². The maximum Gasteiger partial charge on any atom is 0.134 e. The van der Waals surface area contributed by atoms with E-state index in [1.165, 1.54) is 10.9 Å². The average Bonchev–Trinajstić information content (AvgIpc) is 2.81. The van der Waals surface area contributed by atoms with Gasteiger partial charge < -0.3 is 14.8 Å². The lowest BCUT2D eigenvalue weighted by Gasteiger charge is -2.37. The van der Waals surface area contributed by atoms with Crippen LogP contribution in [0.2, 0.25) is 0 Å². The van der Waals surface area contributed by atoms with Gasteiger partial charge in [0, 0.05) is 17.5 Å². The van der Waals surface area contributed by atoms with Gasteiger partial charge in [0.25, 0.3) is 0 Å². The van der Waals surface area contributed by atoms with Crippen LogP contribution in [0.5, 0.6) is 0 Å². The molecule has 0 amide bonds. The standard InChI is InChI=1S/C17H23NO2/c1-3-13-14-7-4-5-8-15(14)20-16(13)12(2)18-11-17(19)9-6-10-17/h4-5,7-8,12,18-19H,3,6,9-11H2,1-2H3. The van der Waals surface area contributed by atoms with Gasteiger partial charge in [-0.25, -0.2) is 0 Å². The third-order valence-electron chi connectivity index (χ3n) is 4.50. The van der Waals surface area contributed by atoms with Crippen molar-refractivity contribution < 1.29 is 9.52 Å². The lowest BCUT2D eigenvalue weighted by Crippen LogP contribution is -2.46. The molecule has 3 heteroatoms. The summed E-state index contributed by atoms with van der Waals surface area (Å²) >= 11 is 0. The molecule has 2 N–H and O–H groups in total. The van der Waals surface area contributed by atoms with Crippen LogP contribution >= 0.6 is 0 Å². The smallest absolute Gasteiger partial charge is 0.134 e. The van der Waals surface area contributed by atoms with E-state index < -0.39 is 5.60 Å². The monoisotopic (exact) mass is 273 g/mol. The molecule has 3 rings (SSSR count). The Bertz CT molecular complexity index is 598. The Morgan fingerprint density at radius 3 is 2.75 bits per heavy atom. The third kappa shape index (κ3) is 2.36. The van der Waals surface area contributed by atoms with Crippen LogP contribution in [-0.2, 0) is 6.42 Å². The van der Waals surface area contributed by atoms with Crippen molar-refractivity contribution in [2.24, 2.45) is 0 Å². The van der Waals surface area contributed by atoms with E-state index in [0.29, 0.717) is 6.54 Å². The zero-order chi connectivity index (χ0) is 14.2. The SMILES string of the molecule is CCc1c(C(C)NCC2(O)CCC2)oc2ccccc12. The van der Waals surface area contributed by atoms with Crippen LogP contribution in [0.1, 0.15) is 50.5 Å². The highest BCUT2D eigenvalue weighted by Crippen LogP contribution is 2.33. The van der Waals surface area contributed by atoms with Gasteiger partial charge in [-0.3, -0.25) is 0 Å². The molecule has 0 aliphatic heterocycles. The van der Waals surface area contributed by atoms with Gasteiger partial charge in [-0.2, -0.15) is 0 Å². The van der Waals surface area contributed by atoms with E-state index in [0.717, 1.165) is 37.0 Å². The van der Waals surface area contributed by atoms with E-state index in [4.69, 9.17) is 4.42 Å². The summed E-state index contributed by atoms with van der Waals surface area (Å²) in [5.41, 5.74) is 1.74. The maximum atomic E-state index is 10.2. The molecule has 1 aromatic carbocycles. The van der Waals surface area contributed by atoms with E-state index in [9.17, 15) is 5.11 Å². The molecular formula is C17H23NO2. The molecule has 1 atom stereocenters. The van der Waals surface area contributed by atoms with Gasteiger partial charge in [-0.1, -0.05) is 25.1 Å². The highest BCUT2D eigenvalue weighted by atomic mass is 16.3. The van der Waals surface area contributed by atoms with E-state index >= 15 is 0 Å². The Balaban J connectivity index is 1.81. The summed E-state index contributed by atoms with van der Waals surface area (Å²) in [7, 11) is 0. The van der Waals surface area contributed by atoms with Crippen molar-refractivity contribution in [2.45, 2.75) is 51.2 Å². The molecule has 1 aromatic heterocycles. The summed E-state index contributed by atoms with van der Waals surface area (Å²) in [6.07, 6.45) is 3.92. The lowest BCUT2D eigenvalue weighted by atomic mass is 9.80. The van der Waals surface area contributed by atoms with Crippen LogP contribution in [0.15, 0.2) is 28.7 Å². The molecule has 1 aliphatic rings.